The van der Waals surface area contributed by atoms with Crippen molar-refractivity contribution in [2.75, 3.05) is 6.26 Å². The summed E-state index contributed by atoms with van der Waals surface area (Å²) >= 11 is 0.846. The van der Waals surface area contributed by atoms with E-state index >= 15 is 0 Å². The molecule has 0 bridgehead atoms. The Kier molecular flexibility index (Phi) is 4.83. The van der Waals surface area contributed by atoms with Crippen LogP contribution in [0.15, 0.2) is 23.1 Å². The number of hydrogen-bond acceptors (Lipinski definition) is 4. The molecular weight excluding hydrogens is 244 g/mol. The third-order valence-corrected chi connectivity index (χ3v) is 4.36. The predicted molar refractivity (Wildman–Crippen MR) is 67.0 cm³/mol. The van der Waals surface area contributed by atoms with E-state index in [2.05, 4.69) is 0 Å². The van der Waals surface area contributed by atoms with Crippen LogP contribution in [0.2, 0.25) is 0 Å². The molecule has 0 heterocycles. The SMILES string of the molecule is CCCc1cc(C)ccc1S(=O)(=O)OSC. The van der Waals surface area contributed by atoms with Crippen molar-refractivity contribution in [2.45, 2.75) is 31.6 Å². The molecule has 3 nitrogen and oxygen atoms in total. The van der Waals surface area contributed by atoms with Gasteiger partial charge in [-0.2, -0.15) is 12.0 Å². The Morgan fingerprint density at radius 3 is 2.62 bits per heavy atom. The summed E-state index contributed by atoms with van der Waals surface area (Å²) in [7, 11) is -3.62. The van der Waals surface area contributed by atoms with Gasteiger partial charge in [0, 0.05) is 18.3 Å². The van der Waals surface area contributed by atoms with Gasteiger partial charge in [-0.05, 0) is 25.0 Å². The highest BCUT2D eigenvalue weighted by molar-refractivity contribution is 8.04. The third-order valence-electron chi connectivity index (χ3n) is 2.16. The van der Waals surface area contributed by atoms with Gasteiger partial charge in [-0.1, -0.05) is 31.0 Å². The van der Waals surface area contributed by atoms with Gasteiger partial charge in [0.15, 0.2) is 0 Å². The first-order valence-corrected chi connectivity index (χ1v) is 7.64. The van der Waals surface area contributed by atoms with E-state index in [0.29, 0.717) is 0 Å². The molecule has 0 aliphatic rings. The van der Waals surface area contributed by atoms with E-state index < -0.39 is 10.1 Å². The van der Waals surface area contributed by atoms with Gasteiger partial charge >= 0.3 is 10.1 Å². The van der Waals surface area contributed by atoms with Crippen LogP contribution in [0.3, 0.4) is 0 Å². The highest BCUT2D eigenvalue weighted by atomic mass is 32.3. The first kappa shape index (κ1) is 13.5. The minimum Gasteiger partial charge on any atom is -0.194 e. The summed E-state index contributed by atoms with van der Waals surface area (Å²) in [6.07, 6.45) is 3.24. The normalized spacial score (nSPS) is 11.7. The van der Waals surface area contributed by atoms with Crippen LogP contribution in [0.4, 0.5) is 0 Å². The third kappa shape index (κ3) is 3.23. The lowest BCUT2D eigenvalue weighted by molar-refractivity contribution is 0.518. The summed E-state index contributed by atoms with van der Waals surface area (Å²) in [6, 6.07) is 5.31. The van der Waals surface area contributed by atoms with E-state index in [1.165, 1.54) is 0 Å². The molecule has 0 aliphatic heterocycles. The van der Waals surface area contributed by atoms with E-state index in [0.717, 1.165) is 36.0 Å². The molecule has 90 valence electrons. The lowest BCUT2D eigenvalue weighted by atomic mass is 10.1. The smallest absolute Gasteiger partial charge is 0.194 e. The van der Waals surface area contributed by atoms with Gasteiger partial charge in [-0.3, -0.25) is 0 Å². The summed E-state index contributed by atoms with van der Waals surface area (Å²) in [4.78, 5) is 0.286. The second-order valence-electron chi connectivity index (χ2n) is 3.55. The van der Waals surface area contributed by atoms with Crippen molar-refractivity contribution in [3.05, 3.63) is 29.3 Å². The standard InChI is InChI=1S/C11H16O3S2/c1-4-5-10-8-9(2)6-7-11(10)16(12,13)14-15-3/h6-8H,4-5H2,1-3H3. The Balaban J connectivity index is 3.22. The Morgan fingerprint density at radius 2 is 2.06 bits per heavy atom. The molecule has 0 atom stereocenters. The number of benzene rings is 1. The number of rotatable bonds is 5. The maximum Gasteiger partial charge on any atom is 0.307 e. The molecule has 0 amide bonds. The first-order valence-electron chi connectivity index (χ1n) is 5.08. The molecule has 0 aliphatic carbocycles. The Hall–Kier alpha value is -0.520. The van der Waals surface area contributed by atoms with Crippen molar-refractivity contribution in [1.82, 2.24) is 0 Å². The molecule has 5 heteroatoms. The fraction of sp³-hybridized carbons (Fsp3) is 0.455. The maximum atomic E-state index is 11.8. The van der Waals surface area contributed by atoms with E-state index in [1.807, 2.05) is 19.9 Å². The maximum absolute atomic E-state index is 11.8. The Morgan fingerprint density at radius 1 is 1.38 bits per heavy atom. The minimum atomic E-state index is -3.62. The second kappa shape index (κ2) is 5.70. The van der Waals surface area contributed by atoms with Crippen LogP contribution in [0.5, 0.6) is 0 Å². The predicted octanol–water partition coefficient (Wildman–Crippen LogP) is 2.93. The van der Waals surface area contributed by atoms with E-state index in [4.69, 9.17) is 3.63 Å². The zero-order valence-electron chi connectivity index (χ0n) is 9.69. The molecule has 0 saturated heterocycles. The second-order valence-corrected chi connectivity index (χ2v) is 5.78. The zero-order chi connectivity index (χ0) is 12.2. The summed E-state index contributed by atoms with van der Waals surface area (Å²) in [5, 5.41) is 0. The fourth-order valence-electron chi connectivity index (χ4n) is 1.54. The van der Waals surface area contributed by atoms with Crippen molar-refractivity contribution >= 4 is 22.2 Å². The molecule has 1 aromatic rings. The lowest BCUT2D eigenvalue weighted by Gasteiger charge is -2.09. The van der Waals surface area contributed by atoms with Gasteiger partial charge in [0.2, 0.25) is 0 Å². The topological polar surface area (TPSA) is 43.4 Å². The lowest BCUT2D eigenvalue weighted by Crippen LogP contribution is -2.05. The highest BCUT2D eigenvalue weighted by Crippen LogP contribution is 2.23. The molecule has 1 rings (SSSR count). The van der Waals surface area contributed by atoms with Crippen LogP contribution in [0.1, 0.15) is 24.5 Å². The van der Waals surface area contributed by atoms with Gasteiger partial charge in [-0.15, -0.1) is 0 Å². The fourth-order valence-corrected chi connectivity index (χ4v) is 3.27. The van der Waals surface area contributed by atoms with Gasteiger partial charge in [0.1, 0.15) is 0 Å². The van der Waals surface area contributed by atoms with Crippen molar-refractivity contribution in [3.8, 4) is 0 Å². The van der Waals surface area contributed by atoms with E-state index in [1.54, 1.807) is 18.4 Å². The Labute approximate surface area is 102 Å². The van der Waals surface area contributed by atoms with Crippen molar-refractivity contribution < 1.29 is 12.0 Å². The highest BCUT2D eigenvalue weighted by Gasteiger charge is 2.19. The average Bonchev–Trinajstić information content (AvgIpc) is 2.17. The number of hydrogen-bond donors (Lipinski definition) is 0. The molecule has 0 radical (unpaired) electrons. The largest absolute Gasteiger partial charge is 0.307 e. The molecule has 0 unspecified atom stereocenters. The molecule has 0 saturated carbocycles. The molecule has 0 fully saturated rings. The van der Waals surface area contributed by atoms with Crippen LogP contribution in [0, 0.1) is 6.92 Å². The van der Waals surface area contributed by atoms with Gasteiger partial charge in [-0.25, -0.2) is 0 Å². The van der Waals surface area contributed by atoms with Crippen molar-refractivity contribution in [3.63, 3.8) is 0 Å². The summed E-state index contributed by atoms with van der Waals surface area (Å²) < 4.78 is 28.3. The van der Waals surface area contributed by atoms with Crippen LogP contribution in [0.25, 0.3) is 0 Å². The van der Waals surface area contributed by atoms with Gasteiger partial charge in [0.05, 0.1) is 4.90 Å². The first-order chi connectivity index (χ1) is 7.51. The summed E-state index contributed by atoms with van der Waals surface area (Å²) in [6.45, 7) is 3.97. The molecule has 16 heavy (non-hydrogen) atoms. The molecule has 1 aromatic carbocycles. The minimum absolute atomic E-state index is 0.286. The van der Waals surface area contributed by atoms with Crippen LogP contribution in [-0.2, 0) is 20.2 Å². The van der Waals surface area contributed by atoms with E-state index in [9.17, 15) is 8.42 Å². The average molecular weight is 260 g/mol. The monoisotopic (exact) mass is 260 g/mol. The van der Waals surface area contributed by atoms with Crippen LogP contribution < -0.4 is 0 Å². The quantitative estimate of drug-likeness (QED) is 0.763. The van der Waals surface area contributed by atoms with Crippen molar-refractivity contribution in [1.29, 1.82) is 0 Å². The Bertz CT molecular complexity index is 452. The van der Waals surface area contributed by atoms with Crippen LogP contribution in [-0.4, -0.2) is 14.7 Å². The van der Waals surface area contributed by atoms with Gasteiger partial charge in [0.25, 0.3) is 0 Å². The zero-order valence-corrected chi connectivity index (χ0v) is 11.3. The van der Waals surface area contributed by atoms with E-state index in [-0.39, 0.29) is 4.90 Å². The summed E-state index contributed by atoms with van der Waals surface area (Å²) in [5.41, 5.74) is 1.89. The van der Waals surface area contributed by atoms with Gasteiger partial charge < -0.3 is 0 Å². The molecule has 0 N–H and O–H groups in total. The molecule has 0 spiro atoms. The summed E-state index contributed by atoms with van der Waals surface area (Å²) in [5.74, 6) is 0. The van der Waals surface area contributed by atoms with Crippen LogP contribution >= 0.6 is 12.0 Å². The van der Waals surface area contributed by atoms with Crippen molar-refractivity contribution in [2.24, 2.45) is 0 Å². The molecule has 0 aromatic heterocycles. The molecular formula is C11H16O3S2. The number of aryl methyl sites for hydroxylation is 2.